The molecule has 0 amide bonds. The average molecular weight is 202 g/mol. The Labute approximate surface area is 80.5 Å². The minimum Gasteiger partial charge on any atom is -0.416 e. The zero-order valence-corrected chi connectivity index (χ0v) is 9.41. The van der Waals surface area contributed by atoms with Crippen molar-refractivity contribution in [2.75, 3.05) is 33.0 Å². The monoisotopic (exact) mass is 202 g/mol. The smallest absolute Gasteiger partial charge is 0.194 e. The molecular formula is C9H18O3Si. The van der Waals surface area contributed by atoms with Gasteiger partial charge in [-0.3, -0.25) is 0 Å². The largest absolute Gasteiger partial charge is 0.416 e. The molecule has 2 saturated heterocycles. The standard InChI is InChI=1S/C9H18O3Si/c1-13(2,9-6-11-7-9)12-5-8-3-10-4-8/h8-9H,3-7H2,1-2H3. The fourth-order valence-corrected chi connectivity index (χ4v) is 3.41. The maximum Gasteiger partial charge on any atom is 0.194 e. The molecule has 0 aromatic heterocycles. The van der Waals surface area contributed by atoms with Crippen molar-refractivity contribution < 1.29 is 13.9 Å². The van der Waals surface area contributed by atoms with Crippen LogP contribution in [0, 0.1) is 5.92 Å². The molecule has 0 aromatic rings. The summed E-state index contributed by atoms with van der Waals surface area (Å²) in [5.41, 5.74) is 0.716. The first-order valence-electron chi connectivity index (χ1n) is 4.98. The van der Waals surface area contributed by atoms with Gasteiger partial charge in [0.15, 0.2) is 8.32 Å². The summed E-state index contributed by atoms with van der Waals surface area (Å²) in [6.07, 6.45) is 0. The van der Waals surface area contributed by atoms with Crippen molar-refractivity contribution in [3.63, 3.8) is 0 Å². The molecule has 0 radical (unpaired) electrons. The van der Waals surface area contributed by atoms with Gasteiger partial charge >= 0.3 is 0 Å². The van der Waals surface area contributed by atoms with Gasteiger partial charge in [0, 0.05) is 18.1 Å². The van der Waals surface area contributed by atoms with Gasteiger partial charge in [-0.15, -0.1) is 0 Å². The van der Waals surface area contributed by atoms with Gasteiger partial charge in [0.2, 0.25) is 0 Å². The Kier molecular flexibility index (Phi) is 2.74. The maximum atomic E-state index is 6.02. The molecule has 2 rings (SSSR count). The molecule has 76 valence electrons. The Balaban J connectivity index is 1.71. The number of hydrogen-bond donors (Lipinski definition) is 0. The van der Waals surface area contributed by atoms with Crippen molar-refractivity contribution in [2.45, 2.75) is 18.6 Å². The van der Waals surface area contributed by atoms with Gasteiger partial charge in [-0.1, -0.05) is 0 Å². The lowest BCUT2D eigenvalue weighted by Gasteiger charge is -2.39. The lowest BCUT2D eigenvalue weighted by Crippen LogP contribution is -2.48. The van der Waals surface area contributed by atoms with E-state index in [0.29, 0.717) is 11.5 Å². The van der Waals surface area contributed by atoms with Gasteiger partial charge < -0.3 is 13.9 Å². The molecule has 4 heteroatoms. The van der Waals surface area contributed by atoms with E-state index in [1.807, 2.05) is 0 Å². The molecule has 0 spiro atoms. The van der Waals surface area contributed by atoms with Crippen molar-refractivity contribution in [1.29, 1.82) is 0 Å². The van der Waals surface area contributed by atoms with Crippen molar-refractivity contribution >= 4 is 8.32 Å². The molecule has 0 aliphatic carbocycles. The topological polar surface area (TPSA) is 27.7 Å². The highest BCUT2D eigenvalue weighted by Crippen LogP contribution is 2.30. The molecule has 2 fully saturated rings. The van der Waals surface area contributed by atoms with Gasteiger partial charge in [-0.25, -0.2) is 0 Å². The summed E-state index contributed by atoms with van der Waals surface area (Å²) in [7, 11) is -1.45. The predicted octanol–water partition coefficient (Wildman–Crippen LogP) is 1.25. The lowest BCUT2D eigenvalue weighted by molar-refractivity contribution is -0.0549. The minimum absolute atomic E-state index is 0.660. The van der Waals surface area contributed by atoms with Gasteiger partial charge in [-0.05, 0) is 13.1 Å². The zero-order chi connectivity index (χ0) is 9.31. The summed E-state index contributed by atoms with van der Waals surface area (Å²) in [6, 6.07) is 0. The van der Waals surface area contributed by atoms with Crippen LogP contribution in [-0.4, -0.2) is 41.4 Å². The van der Waals surface area contributed by atoms with Crippen LogP contribution in [-0.2, 0) is 13.9 Å². The number of rotatable bonds is 4. The van der Waals surface area contributed by atoms with Crippen LogP contribution in [0.1, 0.15) is 0 Å². The highest BCUT2D eigenvalue weighted by atomic mass is 28.4. The van der Waals surface area contributed by atoms with Gasteiger partial charge in [0.1, 0.15) is 0 Å². The van der Waals surface area contributed by atoms with Gasteiger partial charge in [0.25, 0.3) is 0 Å². The molecule has 13 heavy (non-hydrogen) atoms. The zero-order valence-electron chi connectivity index (χ0n) is 8.41. The Hall–Kier alpha value is 0.0969. The summed E-state index contributed by atoms with van der Waals surface area (Å²) in [5, 5.41) is 0. The first kappa shape index (κ1) is 9.64. The average Bonchev–Trinajstić information content (AvgIpc) is 1.76. The molecular weight excluding hydrogens is 184 g/mol. The van der Waals surface area contributed by atoms with Crippen molar-refractivity contribution in [3.8, 4) is 0 Å². The quantitative estimate of drug-likeness (QED) is 0.642. The normalized spacial score (nSPS) is 25.4. The molecule has 2 aliphatic rings. The second-order valence-corrected chi connectivity index (χ2v) is 8.86. The van der Waals surface area contributed by atoms with Crippen LogP contribution < -0.4 is 0 Å². The van der Waals surface area contributed by atoms with Crippen molar-refractivity contribution in [1.82, 2.24) is 0 Å². The Bertz CT molecular complexity index is 176. The minimum atomic E-state index is -1.45. The van der Waals surface area contributed by atoms with E-state index < -0.39 is 8.32 Å². The number of ether oxygens (including phenoxy) is 2. The molecule has 0 unspecified atom stereocenters. The third-order valence-corrected chi connectivity index (χ3v) is 6.23. The highest BCUT2D eigenvalue weighted by Gasteiger charge is 2.39. The fourth-order valence-electron chi connectivity index (χ4n) is 1.47. The van der Waals surface area contributed by atoms with E-state index in [0.717, 1.165) is 33.0 Å². The predicted molar refractivity (Wildman–Crippen MR) is 52.3 cm³/mol. The van der Waals surface area contributed by atoms with Crippen molar-refractivity contribution in [3.05, 3.63) is 0 Å². The Morgan fingerprint density at radius 1 is 1.15 bits per heavy atom. The molecule has 0 aromatic carbocycles. The second kappa shape index (κ2) is 3.69. The Morgan fingerprint density at radius 3 is 2.15 bits per heavy atom. The molecule has 0 saturated carbocycles. The first-order valence-corrected chi connectivity index (χ1v) is 7.96. The highest BCUT2D eigenvalue weighted by molar-refractivity contribution is 6.73. The summed E-state index contributed by atoms with van der Waals surface area (Å²) in [6.45, 7) is 9.10. The maximum absolute atomic E-state index is 6.02. The van der Waals surface area contributed by atoms with E-state index in [1.54, 1.807) is 0 Å². The van der Waals surface area contributed by atoms with Crippen LogP contribution in [0.25, 0.3) is 0 Å². The van der Waals surface area contributed by atoms with Crippen LogP contribution >= 0.6 is 0 Å². The number of hydrogen-bond acceptors (Lipinski definition) is 3. The summed E-state index contributed by atoms with van der Waals surface area (Å²) in [5.74, 6) is 0.660. The van der Waals surface area contributed by atoms with E-state index in [1.165, 1.54) is 0 Å². The molecule has 0 bridgehead atoms. The molecule has 2 aliphatic heterocycles. The summed E-state index contributed by atoms with van der Waals surface area (Å²) >= 11 is 0. The van der Waals surface area contributed by atoms with E-state index in [4.69, 9.17) is 13.9 Å². The summed E-state index contributed by atoms with van der Waals surface area (Å²) < 4.78 is 16.3. The molecule has 0 N–H and O–H groups in total. The van der Waals surface area contributed by atoms with E-state index in [-0.39, 0.29) is 0 Å². The fraction of sp³-hybridized carbons (Fsp3) is 1.00. The van der Waals surface area contributed by atoms with Gasteiger partial charge in [0.05, 0.1) is 26.4 Å². The molecule has 0 atom stereocenters. The Morgan fingerprint density at radius 2 is 1.77 bits per heavy atom. The lowest BCUT2D eigenvalue weighted by atomic mass is 10.1. The SMILES string of the molecule is C[Si](C)(OCC1COC1)C1COC1. The third-order valence-electron chi connectivity index (χ3n) is 3.02. The van der Waals surface area contributed by atoms with Crippen LogP contribution in [0.2, 0.25) is 18.6 Å². The van der Waals surface area contributed by atoms with Gasteiger partial charge in [-0.2, -0.15) is 0 Å². The van der Waals surface area contributed by atoms with Crippen LogP contribution in [0.5, 0.6) is 0 Å². The molecule has 2 heterocycles. The first-order chi connectivity index (χ1) is 6.18. The summed E-state index contributed by atoms with van der Waals surface area (Å²) in [4.78, 5) is 0. The van der Waals surface area contributed by atoms with Crippen molar-refractivity contribution in [2.24, 2.45) is 5.92 Å². The third kappa shape index (κ3) is 2.12. The van der Waals surface area contributed by atoms with E-state index in [2.05, 4.69) is 13.1 Å². The second-order valence-electron chi connectivity index (χ2n) is 4.55. The van der Waals surface area contributed by atoms with E-state index in [9.17, 15) is 0 Å². The van der Waals surface area contributed by atoms with E-state index >= 15 is 0 Å². The van der Waals surface area contributed by atoms with Crippen LogP contribution in [0.3, 0.4) is 0 Å². The molecule has 3 nitrogen and oxygen atoms in total. The van der Waals surface area contributed by atoms with Crippen LogP contribution in [0.4, 0.5) is 0 Å². The van der Waals surface area contributed by atoms with Crippen LogP contribution in [0.15, 0.2) is 0 Å².